The van der Waals surface area contributed by atoms with Gasteiger partial charge in [0.25, 0.3) is 0 Å². The number of methoxy groups -OCH3 is 2. The predicted octanol–water partition coefficient (Wildman–Crippen LogP) is 11.9. The maximum Gasteiger partial charge on any atom is 0.125 e. The molecule has 8 bridgehead atoms. The number of fused-ring (bicyclic) bond motifs is 8. The van der Waals surface area contributed by atoms with Gasteiger partial charge in [-0.2, -0.15) is 0 Å². The van der Waals surface area contributed by atoms with Crippen LogP contribution in [0.1, 0.15) is 38.3 Å². The highest BCUT2D eigenvalue weighted by atomic mass is 32.1. The zero-order valence-corrected chi connectivity index (χ0v) is 33.1. The van der Waals surface area contributed by atoms with Crippen LogP contribution in [0.4, 0.5) is 0 Å². The highest BCUT2D eigenvalue weighted by Gasteiger charge is 2.30. The van der Waals surface area contributed by atoms with Crippen LogP contribution in [0, 0.1) is 5.92 Å². The lowest BCUT2D eigenvalue weighted by molar-refractivity contribution is 0.160. The summed E-state index contributed by atoms with van der Waals surface area (Å²) in [4.78, 5) is 7.32. The van der Waals surface area contributed by atoms with Crippen molar-refractivity contribution in [1.82, 2.24) is 0 Å². The number of phenols is 1. The first-order chi connectivity index (χ1) is 26.4. The van der Waals surface area contributed by atoms with Crippen LogP contribution in [0.3, 0.4) is 0 Å². The first kappa shape index (κ1) is 35.0. The predicted molar refractivity (Wildman–Crippen MR) is 227 cm³/mol. The van der Waals surface area contributed by atoms with Gasteiger partial charge in [-0.3, -0.25) is 0 Å². The van der Waals surface area contributed by atoms with Gasteiger partial charge in [0, 0.05) is 48.0 Å². The number of hydrogen-bond acceptors (Lipinski definition) is 8. The second-order valence-electron chi connectivity index (χ2n) is 13.8. The van der Waals surface area contributed by atoms with Gasteiger partial charge in [0.1, 0.15) is 17.2 Å². The minimum Gasteiger partial charge on any atom is -0.507 e. The fourth-order valence-electron chi connectivity index (χ4n) is 7.93. The van der Waals surface area contributed by atoms with Crippen LogP contribution < -0.4 is 9.47 Å². The van der Waals surface area contributed by atoms with Crippen molar-refractivity contribution in [2.75, 3.05) is 14.2 Å². The van der Waals surface area contributed by atoms with Crippen LogP contribution in [0.5, 0.6) is 17.2 Å². The van der Waals surface area contributed by atoms with Crippen molar-refractivity contribution < 1.29 is 19.7 Å². The largest absolute Gasteiger partial charge is 0.507 e. The number of aromatic hydroxyl groups is 1. The molecule has 2 aliphatic rings. The van der Waals surface area contributed by atoms with Crippen LogP contribution >= 0.6 is 45.3 Å². The van der Waals surface area contributed by atoms with Crippen LogP contribution in [0.15, 0.2) is 126 Å². The van der Waals surface area contributed by atoms with E-state index >= 15 is 0 Å². The molecule has 8 heteroatoms. The van der Waals surface area contributed by atoms with Crippen molar-refractivity contribution in [3.63, 3.8) is 0 Å². The smallest absolute Gasteiger partial charge is 0.125 e. The van der Waals surface area contributed by atoms with Crippen LogP contribution in [0.2, 0.25) is 0 Å². The first-order valence-corrected chi connectivity index (χ1v) is 21.4. The van der Waals surface area contributed by atoms with Gasteiger partial charge < -0.3 is 19.7 Å². The average Bonchev–Trinajstić information content (AvgIpc) is 4.02. The van der Waals surface area contributed by atoms with Crippen LogP contribution in [0.25, 0.3) is 35.5 Å². The second-order valence-corrected chi connectivity index (χ2v) is 17.9. The molecule has 4 aromatic heterocycles. The number of allylic oxidation sites excluding steroid dienone is 2. The number of aliphatic hydroxyl groups excluding tert-OH is 1. The number of rotatable bonds is 6. The van der Waals surface area contributed by atoms with Crippen molar-refractivity contribution >= 4 is 50.9 Å². The molecule has 1 unspecified atom stereocenters. The number of phenolic OH excluding ortho intramolecular Hbond substituents is 1. The monoisotopic (exact) mass is 782 g/mol. The van der Waals surface area contributed by atoms with Gasteiger partial charge in [0.05, 0.1) is 20.3 Å². The average molecular weight is 783 g/mol. The summed E-state index contributed by atoms with van der Waals surface area (Å²) in [6.07, 6.45) is 5.84. The maximum absolute atomic E-state index is 12.1. The second kappa shape index (κ2) is 14.9. The molecular formula is C46H38O4S4. The molecule has 0 fully saturated rings. The lowest BCUT2D eigenvalue weighted by atomic mass is 9.80. The lowest BCUT2D eigenvalue weighted by Gasteiger charge is -2.29. The molecule has 0 saturated carbocycles. The molecule has 0 aliphatic heterocycles. The molecule has 7 aromatic rings. The highest BCUT2D eigenvalue weighted by Crippen LogP contribution is 2.44. The molecule has 9 rings (SSSR count). The molecule has 2 atom stereocenters. The topological polar surface area (TPSA) is 58.9 Å². The van der Waals surface area contributed by atoms with Crippen LogP contribution in [-0.2, 0) is 25.7 Å². The number of hydrogen-bond donors (Lipinski definition) is 2. The summed E-state index contributed by atoms with van der Waals surface area (Å²) in [5, 5.41) is 28.4. The Kier molecular flexibility index (Phi) is 9.63. The SMILES string of the molecule is COc1c2cccc1Cc1cc(-c3ccc(-c4cccs4)s3)cc(c1O)Cc1cccc(c1OC)C[C@@H]1C=C(c3ccc(-c4cccs4)s3)C=C(C2)C1O. The highest BCUT2D eigenvalue weighted by molar-refractivity contribution is 7.23. The molecule has 270 valence electrons. The molecule has 2 N–H and O–H groups in total. The van der Waals surface area contributed by atoms with Crippen molar-refractivity contribution in [1.29, 1.82) is 0 Å². The summed E-state index contributed by atoms with van der Waals surface area (Å²) in [6, 6.07) is 34.1. The summed E-state index contributed by atoms with van der Waals surface area (Å²) in [7, 11) is 3.44. The number of thiophene rings is 4. The van der Waals surface area contributed by atoms with Crippen molar-refractivity contribution in [3.05, 3.63) is 164 Å². The zero-order valence-electron chi connectivity index (χ0n) is 29.9. The molecule has 4 nitrogen and oxygen atoms in total. The molecule has 4 heterocycles. The fourth-order valence-corrected chi connectivity index (χ4v) is 11.6. The lowest BCUT2D eigenvalue weighted by Crippen LogP contribution is -2.27. The zero-order chi connectivity index (χ0) is 36.8. The molecule has 0 saturated heterocycles. The Morgan fingerprint density at radius 1 is 0.574 bits per heavy atom. The molecule has 0 radical (unpaired) electrons. The third-order valence-corrected chi connectivity index (χ3v) is 14.9. The quantitative estimate of drug-likeness (QED) is 0.176. The summed E-state index contributed by atoms with van der Waals surface area (Å²) < 4.78 is 12.3. The van der Waals surface area contributed by atoms with Crippen molar-refractivity contribution in [2.45, 2.75) is 31.8 Å². The van der Waals surface area contributed by atoms with E-state index in [-0.39, 0.29) is 5.92 Å². The minimum atomic E-state index is -0.690. The molecule has 3 aromatic carbocycles. The van der Waals surface area contributed by atoms with Gasteiger partial charge in [-0.05, 0) is 122 Å². The standard InChI is InChI=1S/C46H38O4S4/c1-49-45-27-7-3-8-28(45)20-34-24-32(38-14-16-42(54-38)40-12-6-18-52-40)26-36(44(34)48)22-30-10-4-9-29(46(30)50-2)21-35-25-31(23-33(19-27)43(35)47)37-13-15-41(53-37)39-11-5-17-51-39/h3-18,23-26,33,43,47-48H,19-22H2,1-2H3/t33-,43?/m1/s1. The van der Waals surface area contributed by atoms with Gasteiger partial charge in [-0.15, -0.1) is 45.3 Å². The Balaban J connectivity index is 1.19. The van der Waals surface area contributed by atoms with E-state index in [9.17, 15) is 10.2 Å². The van der Waals surface area contributed by atoms with E-state index in [4.69, 9.17) is 9.47 Å². The molecule has 0 amide bonds. The number of benzene rings is 3. The third kappa shape index (κ3) is 6.67. The van der Waals surface area contributed by atoms with Gasteiger partial charge in [-0.1, -0.05) is 60.7 Å². The van der Waals surface area contributed by atoms with E-state index < -0.39 is 6.10 Å². The summed E-state index contributed by atoms with van der Waals surface area (Å²) in [5.74, 6) is 1.70. The summed E-state index contributed by atoms with van der Waals surface area (Å²) in [5.41, 5.74) is 8.86. The van der Waals surface area contributed by atoms with Crippen LogP contribution in [-0.4, -0.2) is 30.5 Å². The fraction of sp³-hybridized carbons (Fsp3) is 0.174. The van der Waals surface area contributed by atoms with Gasteiger partial charge in [0.2, 0.25) is 0 Å². The van der Waals surface area contributed by atoms with E-state index in [1.54, 1.807) is 59.6 Å². The Hall–Kier alpha value is -4.70. The van der Waals surface area contributed by atoms with E-state index in [1.807, 2.05) is 0 Å². The number of para-hydroxylation sites is 2. The van der Waals surface area contributed by atoms with E-state index in [0.29, 0.717) is 31.4 Å². The van der Waals surface area contributed by atoms with Gasteiger partial charge in [0.15, 0.2) is 0 Å². The Bertz CT molecular complexity index is 2520. The first-order valence-electron chi connectivity index (χ1n) is 18.0. The number of aliphatic hydroxyl groups is 1. The summed E-state index contributed by atoms with van der Waals surface area (Å²) in [6.45, 7) is 0. The molecule has 2 aliphatic carbocycles. The molecular weight excluding hydrogens is 745 g/mol. The van der Waals surface area contributed by atoms with E-state index in [2.05, 4.69) is 120 Å². The van der Waals surface area contributed by atoms with Crippen molar-refractivity contribution in [2.24, 2.45) is 5.92 Å². The van der Waals surface area contributed by atoms with Gasteiger partial charge in [-0.25, -0.2) is 0 Å². The Morgan fingerprint density at radius 2 is 1.11 bits per heavy atom. The Morgan fingerprint density at radius 3 is 1.70 bits per heavy atom. The van der Waals surface area contributed by atoms with Crippen molar-refractivity contribution in [3.8, 4) is 47.2 Å². The third-order valence-electron chi connectivity index (χ3n) is 10.5. The summed E-state index contributed by atoms with van der Waals surface area (Å²) >= 11 is 7.05. The minimum absolute atomic E-state index is 0.182. The molecule has 0 spiro atoms. The Labute approximate surface area is 331 Å². The van der Waals surface area contributed by atoms with Gasteiger partial charge >= 0.3 is 0 Å². The maximum atomic E-state index is 12.1. The number of ether oxygens (including phenoxy) is 2. The van der Waals surface area contributed by atoms with E-state index in [0.717, 1.165) is 66.5 Å². The normalized spacial score (nSPS) is 16.8. The molecule has 54 heavy (non-hydrogen) atoms. The van der Waals surface area contributed by atoms with E-state index in [1.165, 1.54) is 24.4 Å².